The van der Waals surface area contributed by atoms with Gasteiger partial charge in [0.2, 0.25) is 41.6 Å². The normalized spacial score (nSPS) is 11.7. The van der Waals surface area contributed by atoms with Crippen molar-refractivity contribution in [2.24, 2.45) is 0 Å². The predicted molar refractivity (Wildman–Crippen MR) is 307 cm³/mol. The minimum Gasteiger partial charge on any atom is -0.726 e. The number of hydrogen-bond donors (Lipinski definition) is 0. The first-order chi connectivity index (χ1) is 36.2. The molecule has 0 aromatic rings. The number of hydrogen-bond acceptors (Lipinski definition) is 16. The van der Waals surface area contributed by atoms with Gasteiger partial charge in [-0.1, -0.05) is 310 Å². The predicted octanol–water partition coefficient (Wildman–Crippen LogP) is 16.7. The summed E-state index contributed by atoms with van der Waals surface area (Å²) in [6.07, 6.45) is 58.2. The molecule has 0 saturated heterocycles. The molecule has 0 fully saturated rings. The quantitative estimate of drug-likeness (QED) is 0.0311. The molecule has 0 radical (unpaired) electrons. The molecule has 0 amide bonds. The minimum atomic E-state index is -4.49. The molecule has 0 unspecified atom stereocenters. The smallest absolute Gasteiger partial charge is 0.726 e. The van der Waals surface area contributed by atoms with Crippen LogP contribution in [0.4, 0.5) is 0 Å². The van der Waals surface area contributed by atoms with Crippen LogP contribution in [-0.4, -0.2) is 78.3 Å². The number of rotatable bonds is 56. The first kappa shape index (κ1) is 86.6. The van der Waals surface area contributed by atoms with Crippen molar-refractivity contribution in [2.75, 3.05) is 26.4 Å². The fraction of sp³-hybridized carbons (Fsp3) is 1.00. The van der Waals surface area contributed by atoms with E-state index in [1.165, 1.54) is 231 Å². The molecule has 16 nitrogen and oxygen atoms in total. The molecule has 0 bridgehead atoms. The SMILES string of the molecule is CCCCCCCCCCCCCCOS(=O)(=O)[O-].CCCCCCCCCCCCCCOS(=O)(=O)[O-].CCCCCCCCCCCCCCOS(=O)(=O)[O-].CCCCCCCCCCCCCCOS(=O)(=O)[O-].[Th+4]. The van der Waals surface area contributed by atoms with E-state index in [0.717, 1.165) is 51.4 Å². The average Bonchev–Trinajstić information content (AvgIpc) is 3.34. The second-order valence-corrected chi connectivity index (χ2v) is 24.7. The molecule has 0 atom stereocenters. The van der Waals surface area contributed by atoms with Gasteiger partial charge in [0.05, 0.1) is 26.4 Å². The maximum Gasteiger partial charge on any atom is 4.00 e. The Bertz CT molecular complexity index is 1340. The van der Waals surface area contributed by atoms with Gasteiger partial charge in [0.1, 0.15) is 0 Å². The van der Waals surface area contributed by atoms with E-state index < -0.39 is 41.6 Å². The monoisotopic (exact) mass is 1400 g/mol. The zero-order valence-electron chi connectivity index (χ0n) is 49.4. The molecule has 21 heteroatoms. The van der Waals surface area contributed by atoms with Crippen molar-refractivity contribution in [2.45, 2.75) is 336 Å². The van der Waals surface area contributed by atoms with Crippen LogP contribution in [0.2, 0.25) is 0 Å². The molecule has 0 aliphatic carbocycles. The third kappa shape index (κ3) is 102. The van der Waals surface area contributed by atoms with Crippen molar-refractivity contribution < 1.29 is 109 Å². The van der Waals surface area contributed by atoms with E-state index in [0.29, 0.717) is 25.7 Å². The van der Waals surface area contributed by atoms with Gasteiger partial charge in [-0.2, -0.15) is 0 Å². The average molecular weight is 1410 g/mol. The summed E-state index contributed by atoms with van der Waals surface area (Å²) >= 11 is 0. The molecule has 0 rings (SSSR count). The van der Waals surface area contributed by atoms with Gasteiger partial charge in [-0.25, -0.2) is 33.7 Å². The van der Waals surface area contributed by atoms with E-state index in [2.05, 4.69) is 44.4 Å². The summed E-state index contributed by atoms with van der Waals surface area (Å²) in [5.41, 5.74) is 0. The molecular weight excluding hydrogens is 1290 g/mol. The first-order valence-corrected chi connectivity index (χ1v) is 36.0. The van der Waals surface area contributed by atoms with Gasteiger partial charge in [0.25, 0.3) is 0 Å². The summed E-state index contributed by atoms with van der Waals surface area (Å²) in [6, 6.07) is 0. The maximum atomic E-state index is 10.2. The van der Waals surface area contributed by atoms with Gasteiger partial charge in [-0.15, -0.1) is 0 Å². The molecular formula is C56H116O16S4Th. The standard InChI is InChI=1S/4C14H30O4S.Th/c4*1-2-3-4-5-6-7-8-9-10-11-12-13-14-18-19(15,16)17;/h4*2-14H2,1H3,(H,15,16,17);/q;;;;+4/p-4. The van der Waals surface area contributed by atoms with Crippen molar-refractivity contribution in [3.05, 3.63) is 0 Å². The number of unbranched alkanes of at least 4 members (excludes halogenated alkanes) is 44. The van der Waals surface area contributed by atoms with Crippen molar-refractivity contribution in [3.63, 3.8) is 0 Å². The van der Waals surface area contributed by atoms with Crippen LogP contribution in [0.3, 0.4) is 0 Å². The summed E-state index contributed by atoms with van der Waals surface area (Å²) in [5.74, 6) is 0. The molecule has 0 aliphatic rings. The van der Waals surface area contributed by atoms with Crippen LogP contribution in [0, 0.1) is 39.9 Å². The van der Waals surface area contributed by atoms with Crippen LogP contribution in [0.5, 0.6) is 0 Å². The molecule has 0 aliphatic heterocycles. The van der Waals surface area contributed by atoms with Gasteiger partial charge in [-0.05, 0) is 25.7 Å². The zero-order valence-corrected chi connectivity index (χ0v) is 56.8. The topological polar surface area (TPSA) is 266 Å². The van der Waals surface area contributed by atoms with Crippen molar-refractivity contribution >= 4 is 41.6 Å². The first-order valence-electron chi connectivity index (χ1n) is 30.6. The summed E-state index contributed by atoms with van der Waals surface area (Å²) in [6.45, 7) is 9.06. The summed E-state index contributed by atoms with van der Waals surface area (Å²) in [4.78, 5) is 0. The Balaban J connectivity index is -0.000000298. The van der Waals surface area contributed by atoms with Crippen LogP contribution in [0.15, 0.2) is 0 Å². The molecule has 0 spiro atoms. The Labute approximate surface area is 508 Å². The minimum absolute atomic E-state index is 0. The Morgan fingerprint density at radius 2 is 0.286 bits per heavy atom. The van der Waals surface area contributed by atoms with Crippen molar-refractivity contribution in [1.82, 2.24) is 0 Å². The van der Waals surface area contributed by atoms with Gasteiger partial charge in [0, 0.05) is 0 Å². The fourth-order valence-corrected chi connectivity index (χ4v) is 9.70. The summed E-state index contributed by atoms with van der Waals surface area (Å²) in [5, 5.41) is 0. The van der Waals surface area contributed by atoms with Gasteiger partial charge in [-0.3, -0.25) is 16.7 Å². The zero-order chi connectivity index (χ0) is 57.6. The van der Waals surface area contributed by atoms with E-state index in [-0.39, 0.29) is 66.4 Å². The van der Waals surface area contributed by atoms with Gasteiger partial charge < -0.3 is 18.2 Å². The second-order valence-electron chi connectivity index (χ2n) is 20.5. The molecule has 0 saturated carbocycles. The maximum absolute atomic E-state index is 10.2. The van der Waals surface area contributed by atoms with Crippen LogP contribution >= 0.6 is 0 Å². The van der Waals surface area contributed by atoms with Crippen LogP contribution in [0.1, 0.15) is 336 Å². The van der Waals surface area contributed by atoms with Crippen LogP contribution in [0.25, 0.3) is 0 Å². The Morgan fingerprint density at radius 3 is 0.377 bits per heavy atom. The van der Waals surface area contributed by atoms with E-state index >= 15 is 0 Å². The van der Waals surface area contributed by atoms with Gasteiger partial charge >= 0.3 is 39.9 Å². The largest absolute Gasteiger partial charge is 4.00 e. The molecule has 0 N–H and O–H groups in total. The van der Waals surface area contributed by atoms with Gasteiger partial charge in [0.15, 0.2) is 0 Å². The molecule has 0 heterocycles. The third-order valence-electron chi connectivity index (χ3n) is 12.9. The summed E-state index contributed by atoms with van der Waals surface area (Å²) in [7, 11) is -18.0. The van der Waals surface area contributed by atoms with E-state index in [9.17, 15) is 51.9 Å². The molecule has 0 aromatic carbocycles. The van der Waals surface area contributed by atoms with Crippen LogP contribution in [-0.2, 0) is 58.3 Å². The third-order valence-corrected chi connectivity index (χ3v) is 14.7. The van der Waals surface area contributed by atoms with E-state index in [1.807, 2.05) is 0 Å². The molecule has 77 heavy (non-hydrogen) atoms. The molecule has 0 aromatic heterocycles. The van der Waals surface area contributed by atoms with Crippen molar-refractivity contribution in [1.29, 1.82) is 0 Å². The van der Waals surface area contributed by atoms with E-state index in [4.69, 9.17) is 0 Å². The van der Waals surface area contributed by atoms with Crippen molar-refractivity contribution in [3.8, 4) is 0 Å². The van der Waals surface area contributed by atoms with E-state index in [1.54, 1.807) is 0 Å². The molecule has 464 valence electrons. The Kier molecular flexibility index (Phi) is 76.0. The fourth-order valence-electron chi connectivity index (χ4n) is 8.42. The van der Waals surface area contributed by atoms with Crippen LogP contribution < -0.4 is 0 Å². The second kappa shape index (κ2) is 67.6. The Morgan fingerprint density at radius 1 is 0.195 bits per heavy atom. The Hall–Kier alpha value is 0.805. The summed E-state index contributed by atoms with van der Waals surface area (Å²) < 4.78 is 138.